The number of aliphatic hydroxyl groups is 1. The van der Waals surface area contributed by atoms with E-state index in [4.69, 9.17) is 4.74 Å². The summed E-state index contributed by atoms with van der Waals surface area (Å²) in [6.07, 6.45) is 4.58. The van der Waals surface area contributed by atoms with Gasteiger partial charge in [-0.15, -0.1) is 11.3 Å². The molecule has 2 heterocycles. The van der Waals surface area contributed by atoms with Gasteiger partial charge in [-0.2, -0.15) is 0 Å². The Balaban J connectivity index is 1.78. The molecule has 2 aliphatic rings. The molecule has 1 aliphatic carbocycles. The molecule has 3 atom stereocenters. The number of carbonyl (C=O) groups is 1. The van der Waals surface area contributed by atoms with Gasteiger partial charge in [0.25, 0.3) is 5.91 Å². The quantitative estimate of drug-likeness (QED) is 0.833. The third-order valence-corrected chi connectivity index (χ3v) is 6.96. The van der Waals surface area contributed by atoms with E-state index >= 15 is 0 Å². The van der Waals surface area contributed by atoms with Crippen molar-refractivity contribution in [2.75, 3.05) is 13.2 Å². The van der Waals surface area contributed by atoms with Crippen LogP contribution in [-0.2, 0) is 0 Å². The highest BCUT2D eigenvalue weighted by Gasteiger charge is 2.51. The number of carbonyl (C=O) groups excluding carboxylic acids is 1. The standard InChI is InChI=1S/C22H27NO3S/c1-2-26-18-10-4-3-8-16(18)20-17-9-5-6-12-22(17,25)13-14-23(20)21(24)19-11-7-15-27-19/h3-4,7-8,10-11,15,17,20,25H,2,5-6,9,12-14H2,1H3/t17-,20-,22-/m1/s1. The Morgan fingerprint density at radius 3 is 2.89 bits per heavy atom. The number of likely N-dealkylation sites (tertiary alicyclic amines) is 1. The van der Waals surface area contributed by atoms with Crippen LogP contribution in [0.4, 0.5) is 0 Å². The van der Waals surface area contributed by atoms with Gasteiger partial charge in [0, 0.05) is 18.0 Å². The number of piperidine rings is 1. The van der Waals surface area contributed by atoms with E-state index in [1.54, 1.807) is 0 Å². The minimum Gasteiger partial charge on any atom is -0.494 e. The zero-order valence-corrected chi connectivity index (χ0v) is 16.6. The second kappa shape index (κ2) is 7.64. The molecular weight excluding hydrogens is 358 g/mol. The van der Waals surface area contributed by atoms with E-state index in [1.165, 1.54) is 11.3 Å². The van der Waals surface area contributed by atoms with Crippen LogP contribution in [0, 0.1) is 5.92 Å². The lowest BCUT2D eigenvalue weighted by molar-refractivity contribution is -0.115. The van der Waals surface area contributed by atoms with E-state index in [0.717, 1.165) is 41.9 Å². The summed E-state index contributed by atoms with van der Waals surface area (Å²) in [6.45, 7) is 3.13. The van der Waals surface area contributed by atoms with Crippen LogP contribution in [0.1, 0.15) is 60.3 Å². The van der Waals surface area contributed by atoms with Crippen molar-refractivity contribution in [2.24, 2.45) is 5.92 Å². The van der Waals surface area contributed by atoms with Crippen molar-refractivity contribution in [2.45, 2.75) is 50.7 Å². The van der Waals surface area contributed by atoms with Gasteiger partial charge < -0.3 is 14.7 Å². The zero-order valence-electron chi connectivity index (χ0n) is 15.8. The van der Waals surface area contributed by atoms with Gasteiger partial charge in [0.05, 0.1) is 23.1 Å². The van der Waals surface area contributed by atoms with Crippen LogP contribution in [0.25, 0.3) is 0 Å². The predicted molar refractivity (Wildman–Crippen MR) is 107 cm³/mol. The number of ether oxygens (including phenoxy) is 1. The highest BCUT2D eigenvalue weighted by Crippen LogP contribution is 2.51. The van der Waals surface area contributed by atoms with Gasteiger partial charge in [0.1, 0.15) is 5.75 Å². The van der Waals surface area contributed by atoms with Gasteiger partial charge in [-0.25, -0.2) is 0 Å². The highest BCUT2D eigenvalue weighted by molar-refractivity contribution is 7.12. The van der Waals surface area contributed by atoms with Gasteiger partial charge in [-0.05, 0) is 43.7 Å². The molecule has 4 nitrogen and oxygen atoms in total. The third-order valence-electron chi connectivity index (χ3n) is 6.10. The smallest absolute Gasteiger partial charge is 0.264 e. The molecule has 1 aromatic carbocycles. The lowest BCUT2D eigenvalue weighted by Crippen LogP contribution is -2.56. The summed E-state index contributed by atoms with van der Waals surface area (Å²) in [7, 11) is 0. The maximum Gasteiger partial charge on any atom is 0.264 e. The molecule has 27 heavy (non-hydrogen) atoms. The fraction of sp³-hybridized carbons (Fsp3) is 0.500. The van der Waals surface area contributed by atoms with Crippen molar-refractivity contribution in [1.29, 1.82) is 0 Å². The first-order valence-electron chi connectivity index (χ1n) is 9.92. The van der Waals surface area contributed by atoms with Crippen molar-refractivity contribution < 1.29 is 14.6 Å². The van der Waals surface area contributed by atoms with Gasteiger partial charge >= 0.3 is 0 Å². The van der Waals surface area contributed by atoms with Crippen molar-refractivity contribution in [3.8, 4) is 5.75 Å². The van der Waals surface area contributed by atoms with Crippen LogP contribution >= 0.6 is 11.3 Å². The Morgan fingerprint density at radius 2 is 2.11 bits per heavy atom. The number of rotatable bonds is 4. The lowest BCUT2D eigenvalue weighted by Gasteiger charge is -2.52. The molecule has 1 saturated carbocycles. The van der Waals surface area contributed by atoms with Crippen molar-refractivity contribution >= 4 is 17.2 Å². The monoisotopic (exact) mass is 385 g/mol. The Morgan fingerprint density at radius 1 is 1.26 bits per heavy atom. The molecule has 1 amide bonds. The Kier molecular flexibility index (Phi) is 5.24. The minimum atomic E-state index is -0.686. The summed E-state index contributed by atoms with van der Waals surface area (Å²) in [6, 6.07) is 11.7. The number of fused-ring (bicyclic) bond motifs is 1. The predicted octanol–water partition coefficient (Wildman–Crippen LogP) is 4.66. The second-order valence-corrected chi connectivity index (χ2v) is 8.55. The van der Waals surface area contributed by atoms with E-state index in [2.05, 4.69) is 6.07 Å². The number of para-hydroxylation sites is 1. The van der Waals surface area contributed by atoms with Gasteiger partial charge in [0.15, 0.2) is 0 Å². The van der Waals surface area contributed by atoms with E-state index in [-0.39, 0.29) is 17.9 Å². The number of benzene rings is 1. The molecule has 1 saturated heterocycles. The fourth-order valence-electron chi connectivity index (χ4n) is 4.85. The zero-order chi connectivity index (χ0) is 18.9. The second-order valence-electron chi connectivity index (χ2n) is 7.60. The summed E-state index contributed by atoms with van der Waals surface area (Å²) in [4.78, 5) is 16.0. The van der Waals surface area contributed by atoms with Gasteiger partial charge in [-0.3, -0.25) is 4.79 Å². The van der Waals surface area contributed by atoms with Crippen molar-refractivity contribution in [3.63, 3.8) is 0 Å². The Labute approximate surface area is 164 Å². The molecule has 4 rings (SSSR count). The molecule has 5 heteroatoms. The lowest BCUT2D eigenvalue weighted by atomic mass is 9.66. The number of amides is 1. The van der Waals surface area contributed by atoms with Crippen molar-refractivity contribution in [1.82, 2.24) is 4.90 Å². The number of hydrogen-bond donors (Lipinski definition) is 1. The first-order valence-corrected chi connectivity index (χ1v) is 10.8. The van der Waals surface area contributed by atoms with E-state index in [9.17, 15) is 9.90 Å². The molecule has 0 spiro atoms. The van der Waals surface area contributed by atoms with Crippen LogP contribution in [0.5, 0.6) is 5.75 Å². The molecular formula is C22H27NO3S. The molecule has 0 bridgehead atoms. The van der Waals surface area contributed by atoms with Crippen LogP contribution in [0.2, 0.25) is 0 Å². The molecule has 2 aromatic rings. The van der Waals surface area contributed by atoms with Gasteiger partial charge in [-0.1, -0.05) is 37.1 Å². The largest absolute Gasteiger partial charge is 0.494 e. The van der Waals surface area contributed by atoms with Crippen molar-refractivity contribution in [3.05, 3.63) is 52.2 Å². The summed E-state index contributed by atoms with van der Waals surface area (Å²) in [5.41, 5.74) is 0.336. The molecule has 0 unspecified atom stereocenters. The summed E-state index contributed by atoms with van der Waals surface area (Å²) < 4.78 is 5.90. The molecule has 1 aromatic heterocycles. The van der Waals surface area contributed by atoms with Crippen LogP contribution < -0.4 is 4.74 Å². The normalized spacial score (nSPS) is 27.9. The first-order chi connectivity index (χ1) is 13.1. The molecule has 144 valence electrons. The van der Waals surface area contributed by atoms with E-state index < -0.39 is 5.60 Å². The average Bonchev–Trinajstić information content (AvgIpc) is 3.22. The molecule has 1 aliphatic heterocycles. The highest BCUT2D eigenvalue weighted by atomic mass is 32.1. The summed E-state index contributed by atoms with van der Waals surface area (Å²) in [5.74, 6) is 0.934. The van der Waals surface area contributed by atoms with Crippen LogP contribution in [0.3, 0.4) is 0 Å². The Hall–Kier alpha value is -1.85. The summed E-state index contributed by atoms with van der Waals surface area (Å²) in [5, 5.41) is 13.3. The Bertz CT molecular complexity index is 791. The molecule has 0 radical (unpaired) electrons. The fourth-order valence-corrected chi connectivity index (χ4v) is 5.53. The van der Waals surface area contributed by atoms with Gasteiger partial charge in [0.2, 0.25) is 0 Å². The topological polar surface area (TPSA) is 49.8 Å². The van der Waals surface area contributed by atoms with Crippen LogP contribution in [0.15, 0.2) is 41.8 Å². The molecule has 1 N–H and O–H groups in total. The van der Waals surface area contributed by atoms with Crippen LogP contribution in [-0.4, -0.2) is 34.7 Å². The summed E-state index contributed by atoms with van der Waals surface area (Å²) >= 11 is 1.48. The minimum absolute atomic E-state index is 0.0468. The SMILES string of the molecule is CCOc1ccccc1[C@@H]1[C@H]2CCCC[C@@]2(O)CCN1C(=O)c1cccs1. The maximum atomic E-state index is 13.3. The van der Waals surface area contributed by atoms with E-state index in [1.807, 2.05) is 47.5 Å². The number of thiophene rings is 1. The first kappa shape index (κ1) is 18.5. The number of nitrogens with zero attached hydrogens (tertiary/aromatic N) is 1. The maximum absolute atomic E-state index is 13.3. The van der Waals surface area contributed by atoms with E-state index in [0.29, 0.717) is 19.6 Å². The third kappa shape index (κ3) is 3.39. The average molecular weight is 386 g/mol. The molecule has 2 fully saturated rings. The number of hydrogen-bond acceptors (Lipinski definition) is 4.